The topological polar surface area (TPSA) is 63.7 Å². The van der Waals surface area contributed by atoms with Crippen molar-refractivity contribution >= 4 is 50.4 Å². The van der Waals surface area contributed by atoms with Crippen molar-refractivity contribution in [2.45, 2.75) is 20.8 Å². The molecule has 0 aliphatic rings. The van der Waals surface area contributed by atoms with Crippen LogP contribution in [0.4, 0.5) is 5.69 Å². The van der Waals surface area contributed by atoms with E-state index in [0.717, 1.165) is 27.4 Å². The molecule has 0 heterocycles. The summed E-state index contributed by atoms with van der Waals surface area (Å²) in [4.78, 5) is 36.5. The summed E-state index contributed by atoms with van der Waals surface area (Å²) >= 11 is 4.35. The molecule has 1 aromatic carbocycles. The SMILES string of the molecule is COC(=O)CN(C(=O)CSC(C)=O)c1c(C)ccc(Br)c1C. The molecule has 5 nitrogen and oxygen atoms in total. The number of hydrogen-bond donors (Lipinski definition) is 0. The number of thioether (sulfide) groups is 1. The number of esters is 1. The van der Waals surface area contributed by atoms with Crippen molar-refractivity contribution in [3.8, 4) is 0 Å². The smallest absolute Gasteiger partial charge is 0.325 e. The largest absolute Gasteiger partial charge is 0.468 e. The molecule has 0 saturated heterocycles. The van der Waals surface area contributed by atoms with E-state index in [-0.39, 0.29) is 23.3 Å². The third-order valence-corrected chi connectivity index (χ3v) is 4.71. The van der Waals surface area contributed by atoms with Crippen LogP contribution in [-0.4, -0.2) is 36.4 Å². The van der Waals surface area contributed by atoms with E-state index >= 15 is 0 Å². The Balaban J connectivity index is 3.20. The van der Waals surface area contributed by atoms with Crippen LogP contribution in [-0.2, 0) is 19.1 Å². The van der Waals surface area contributed by atoms with E-state index < -0.39 is 5.97 Å². The quantitative estimate of drug-likeness (QED) is 0.726. The van der Waals surface area contributed by atoms with Crippen molar-refractivity contribution in [2.24, 2.45) is 0 Å². The van der Waals surface area contributed by atoms with Gasteiger partial charge in [-0.3, -0.25) is 19.3 Å². The third kappa shape index (κ3) is 4.84. The summed E-state index contributed by atoms with van der Waals surface area (Å²) in [6.45, 7) is 4.94. The molecular weight excluding hydrogens is 370 g/mol. The summed E-state index contributed by atoms with van der Waals surface area (Å²) < 4.78 is 5.51. The number of ether oxygens (including phenoxy) is 1. The third-order valence-electron chi connectivity index (χ3n) is 3.05. The lowest BCUT2D eigenvalue weighted by Gasteiger charge is -2.25. The maximum atomic E-state index is 12.4. The second-order valence-electron chi connectivity index (χ2n) is 4.67. The summed E-state index contributed by atoms with van der Waals surface area (Å²) in [5, 5.41) is -0.144. The molecule has 0 fully saturated rings. The van der Waals surface area contributed by atoms with Crippen LogP contribution < -0.4 is 4.90 Å². The second kappa shape index (κ2) is 8.33. The van der Waals surface area contributed by atoms with Gasteiger partial charge in [-0.2, -0.15) is 0 Å². The van der Waals surface area contributed by atoms with Gasteiger partial charge < -0.3 is 4.74 Å². The Hall–Kier alpha value is -1.34. The average molecular weight is 388 g/mol. The molecule has 0 radical (unpaired) electrons. The Morgan fingerprint density at radius 1 is 1.27 bits per heavy atom. The first-order valence-corrected chi connectivity index (χ1v) is 8.32. The summed E-state index contributed by atoms with van der Waals surface area (Å²) in [6, 6.07) is 3.75. The molecule has 1 amide bonds. The van der Waals surface area contributed by atoms with E-state index in [9.17, 15) is 14.4 Å². The van der Waals surface area contributed by atoms with E-state index in [2.05, 4.69) is 20.7 Å². The number of rotatable bonds is 5. The number of anilines is 1. The number of carbonyl (C=O) groups excluding carboxylic acids is 3. The van der Waals surface area contributed by atoms with E-state index in [1.165, 1.54) is 18.9 Å². The van der Waals surface area contributed by atoms with Gasteiger partial charge in [-0.25, -0.2) is 0 Å². The average Bonchev–Trinajstić information content (AvgIpc) is 2.47. The minimum Gasteiger partial charge on any atom is -0.468 e. The maximum Gasteiger partial charge on any atom is 0.325 e. The van der Waals surface area contributed by atoms with Crippen LogP contribution in [0.25, 0.3) is 0 Å². The molecule has 22 heavy (non-hydrogen) atoms. The summed E-state index contributed by atoms with van der Waals surface area (Å²) in [5.74, 6) is -0.840. The molecule has 0 aliphatic heterocycles. The zero-order valence-corrected chi connectivity index (χ0v) is 15.3. The highest BCUT2D eigenvalue weighted by atomic mass is 79.9. The van der Waals surface area contributed by atoms with E-state index in [1.54, 1.807) is 0 Å². The molecule has 0 aliphatic carbocycles. The van der Waals surface area contributed by atoms with Crippen molar-refractivity contribution in [3.05, 3.63) is 27.7 Å². The zero-order chi connectivity index (χ0) is 16.9. The van der Waals surface area contributed by atoms with Crippen LogP contribution >= 0.6 is 27.7 Å². The van der Waals surface area contributed by atoms with Gasteiger partial charge in [0.25, 0.3) is 0 Å². The van der Waals surface area contributed by atoms with Gasteiger partial charge in [0.05, 0.1) is 18.6 Å². The van der Waals surface area contributed by atoms with Gasteiger partial charge >= 0.3 is 5.97 Å². The van der Waals surface area contributed by atoms with Gasteiger partial charge in [0.1, 0.15) is 6.54 Å². The molecule has 0 N–H and O–H groups in total. The molecule has 1 rings (SSSR count). The fraction of sp³-hybridized carbons (Fsp3) is 0.400. The first-order chi connectivity index (χ1) is 10.3. The van der Waals surface area contributed by atoms with Crippen LogP contribution in [0.2, 0.25) is 0 Å². The molecular formula is C15H18BrNO4S. The highest BCUT2D eigenvalue weighted by Gasteiger charge is 2.23. The number of nitrogens with zero attached hydrogens (tertiary/aromatic N) is 1. The normalized spacial score (nSPS) is 10.2. The number of aryl methyl sites for hydroxylation is 1. The molecule has 120 valence electrons. The Labute approximate surface area is 142 Å². The fourth-order valence-electron chi connectivity index (χ4n) is 1.95. The molecule has 0 saturated carbocycles. The van der Waals surface area contributed by atoms with Gasteiger partial charge in [0, 0.05) is 11.4 Å². The lowest BCUT2D eigenvalue weighted by molar-refractivity contribution is -0.139. The second-order valence-corrected chi connectivity index (χ2v) is 6.68. The number of methoxy groups -OCH3 is 1. The summed E-state index contributed by atoms with van der Waals surface area (Å²) in [6.07, 6.45) is 0. The summed E-state index contributed by atoms with van der Waals surface area (Å²) in [7, 11) is 1.27. The lowest BCUT2D eigenvalue weighted by Crippen LogP contribution is -2.38. The number of amides is 1. The number of carbonyl (C=O) groups is 3. The number of hydrogen-bond acceptors (Lipinski definition) is 5. The van der Waals surface area contributed by atoms with Crippen molar-refractivity contribution in [1.29, 1.82) is 0 Å². The first kappa shape index (κ1) is 18.7. The van der Waals surface area contributed by atoms with Gasteiger partial charge in [-0.1, -0.05) is 33.8 Å². The molecule has 0 unspecified atom stereocenters. The highest BCUT2D eigenvalue weighted by Crippen LogP contribution is 2.31. The Kier molecular flexibility index (Phi) is 7.09. The maximum absolute atomic E-state index is 12.4. The predicted molar refractivity (Wildman–Crippen MR) is 91.1 cm³/mol. The van der Waals surface area contributed by atoms with E-state index in [1.807, 2.05) is 26.0 Å². The fourth-order valence-corrected chi connectivity index (χ4v) is 2.76. The van der Waals surface area contributed by atoms with Crippen LogP contribution in [0, 0.1) is 13.8 Å². The van der Waals surface area contributed by atoms with Gasteiger partial charge in [0.2, 0.25) is 5.91 Å². The minimum absolute atomic E-state index is 0.0161. The molecule has 0 atom stereocenters. The Bertz CT molecular complexity index is 603. The zero-order valence-electron chi connectivity index (χ0n) is 12.9. The predicted octanol–water partition coefficient (Wildman–Crippen LogP) is 2.85. The molecule has 7 heteroatoms. The van der Waals surface area contributed by atoms with Crippen LogP contribution in [0.1, 0.15) is 18.1 Å². The number of halogens is 1. The van der Waals surface area contributed by atoms with Gasteiger partial charge in [0.15, 0.2) is 5.12 Å². The standard InChI is InChI=1S/C15H18BrNO4S/c1-9-5-6-12(16)10(2)15(9)17(7-14(20)21-4)13(19)8-22-11(3)18/h5-6H,7-8H2,1-4H3. The van der Waals surface area contributed by atoms with Crippen molar-refractivity contribution in [2.75, 3.05) is 24.3 Å². The monoisotopic (exact) mass is 387 g/mol. The summed E-state index contributed by atoms with van der Waals surface area (Å²) in [5.41, 5.74) is 2.38. The van der Waals surface area contributed by atoms with E-state index in [0.29, 0.717) is 5.69 Å². The Morgan fingerprint density at radius 3 is 2.45 bits per heavy atom. The molecule has 1 aromatic rings. The molecule has 0 spiro atoms. The lowest BCUT2D eigenvalue weighted by atomic mass is 10.1. The first-order valence-electron chi connectivity index (χ1n) is 6.54. The van der Waals surface area contributed by atoms with Crippen molar-refractivity contribution in [1.82, 2.24) is 0 Å². The van der Waals surface area contributed by atoms with Crippen LogP contribution in [0.5, 0.6) is 0 Å². The Morgan fingerprint density at radius 2 is 1.91 bits per heavy atom. The molecule has 0 aromatic heterocycles. The number of benzene rings is 1. The van der Waals surface area contributed by atoms with E-state index in [4.69, 9.17) is 0 Å². The highest BCUT2D eigenvalue weighted by molar-refractivity contribution is 9.10. The van der Waals surface area contributed by atoms with Crippen molar-refractivity contribution in [3.63, 3.8) is 0 Å². The van der Waals surface area contributed by atoms with Crippen LogP contribution in [0.15, 0.2) is 16.6 Å². The van der Waals surface area contributed by atoms with Crippen LogP contribution in [0.3, 0.4) is 0 Å². The van der Waals surface area contributed by atoms with Gasteiger partial charge in [-0.15, -0.1) is 0 Å². The molecule has 0 bridgehead atoms. The van der Waals surface area contributed by atoms with Gasteiger partial charge in [-0.05, 0) is 31.0 Å². The van der Waals surface area contributed by atoms with Crippen molar-refractivity contribution < 1.29 is 19.1 Å². The minimum atomic E-state index is -0.514.